The zero-order chi connectivity index (χ0) is 19.1. The van der Waals surface area contributed by atoms with Crippen molar-refractivity contribution in [2.24, 2.45) is 10.4 Å². The second-order valence-corrected chi connectivity index (χ2v) is 10.3. The molecule has 0 unspecified atom stereocenters. The summed E-state index contributed by atoms with van der Waals surface area (Å²) in [6.07, 6.45) is 3.97. The van der Waals surface area contributed by atoms with Crippen molar-refractivity contribution in [2.45, 2.75) is 31.7 Å². The van der Waals surface area contributed by atoms with Gasteiger partial charge >= 0.3 is 0 Å². The molecule has 0 atom stereocenters. The number of benzene rings is 1. The van der Waals surface area contributed by atoms with Gasteiger partial charge in [-0.3, -0.25) is 4.99 Å². The second-order valence-electron chi connectivity index (χ2n) is 7.15. The van der Waals surface area contributed by atoms with Crippen LogP contribution in [0.5, 0.6) is 0 Å². The van der Waals surface area contributed by atoms with E-state index < -0.39 is 9.84 Å². The lowest BCUT2D eigenvalue weighted by Gasteiger charge is -2.28. The Morgan fingerprint density at radius 3 is 2.31 bits per heavy atom. The van der Waals surface area contributed by atoms with Crippen LogP contribution in [0.25, 0.3) is 0 Å². The molecule has 1 N–H and O–H groups in total. The van der Waals surface area contributed by atoms with E-state index in [0.29, 0.717) is 13.0 Å². The molecule has 0 saturated heterocycles. The Morgan fingerprint density at radius 1 is 1.27 bits per heavy atom. The summed E-state index contributed by atoms with van der Waals surface area (Å²) in [7, 11) is 0.830. The van der Waals surface area contributed by atoms with Crippen molar-refractivity contribution in [3.8, 4) is 0 Å². The highest BCUT2D eigenvalue weighted by Gasteiger charge is 2.21. The molecule has 1 aromatic carbocycles. The first-order valence-corrected chi connectivity index (χ1v) is 11.6. The maximum atomic E-state index is 11.4. The van der Waals surface area contributed by atoms with Gasteiger partial charge in [0, 0.05) is 38.3 Å². The summed E-state index contributed by atoms with van der Waals surface area (Å²) in [6.45, 7) is 5.57. The van der Waals surface area contributed by atoms with Gasteiger partial charge in [-0.05, 0) is 35.8 Å². The van der Waals surface area contributed by atoms with Crippen LogP contribution in [0.1, 0.15) is 25.8 Å². The lowest BCUT2D eigenvalue weighted by molar-refractivity contribution is 0.340. The van der Waals surface area contributed by atoms with Crippen LogP contribution in [0, 0.1) is 5.41 Å². The average molecular weight is 514 g/mol. The third-order valence-corrected chi connectivity index (χ3v) is 5.72. The molecule has 26 heavy (non-hydrogen) atoms. The minimum absolute atomic E-state index is 0. The second kappa shape index (κ2) is 11.4. The van der Waals surface area contributed by atoms with Gasteiger partial charge in [-0.1, -0.05) is 26.0 Å². The van der Waals surface area contributed by atoms with E-state index in [0.717, 1.165) is 12.5 Å². The summed E-state index contributed by atoms with van der Waals surface area (Å²) in [5.74, 6) is 1.01. The lowest BCUT2D eigenvalue weighted by Crippen LogP contribution is -2.43. The van der Waals surface area contributed by atoms with Gasteiger partial charge in [-0.25, -0.2) is 8.42 Å². The van der Waals surface area contributed by atoms with Gasteiger partial charge in [0.1, 0.15) is 9.84 Å². The predicted octanol–water partition coefficient (Wildman–Crippen LogP) is 3.49. The molecule has 0 spiro atoms. The number of halogens is 1. The standard InChI is InChI=1S/C18H31N3O2S2.HI/c1-18(2,11-12-25(6,22)23)14-20-17(19-3)21(4)13-15-7-9-16(24-5)10-8-15;/h7-10H,11-14H2,1-6H3,(H,19,20);1H. The Hall–Kier alpha value is -0.480. The Morgan fingerprint density at radius 2 is 1.85 bits per heavy atom. The van der Waals surface area contributed by atoms with Crippen LogP contribution in [0.2, 0.25) is 0 Å². The van der Waals surface area contributed by atoms with Crippen LogP contribution in [0.3, 0.4) is 0 Å². The van der Waals surface area contributed by atoms with Gasteiger partial charge in [0.05, 0.1) is 5.75 Å². The van der Waals surface area contributed by atoms with Crippen LogP contribution < -0.4 is 5.32 Å². The summed E-state index contributed by atoms with van der Waals surface area (Å²) in [4.78, 5) is 7.66. The normalized spacial score (nSPS) is 12.5. The van der Waals surface area contributed by atoms with Gasteiger partial charge in [0.2, 0.25) is 0 Å². The van der Waals surface area contributed by atoms with Crippen LogP contribution in [-0.4, -0.2) is 58.2 Å². The molecule has 0 aliphatic rings. The zero-order valence-corrected chi connectivity index (χ0v) is 20.5. The van der Waals surface area contributed by atoms with Crippen LogP contribution >= 0.6 is 35.7 Å². The molecular formula is C18H32IN3O2S2. The molecule has 0 aliphatic heterocycles. The smallest absolute Gasteiger partial charge is 0.193 e. The van der Waals surface area contributed by atoms with E-state index in [1.165, 1.54) is 16.7 Å². The highest BCUT2D eigenvalue weighted by atomic mass is 127. The van der Waals surface area contributed by atoms with E-state index in [9.17, 15) is 8.42 Å². The molecule has 0 fully saturated rings. The van der Waals surface area contributed by atoms with Crippen molar-refractivity contribution in [3.63, 3.8) is 0 Å². The Balaban J connectivity index is 0.00000625. The van der Waals surface area contributed by atoms with Gasteiger partial charge in [-0.2, -0.15) is 0 Å². The topological polar surface area (TPSA) is 61.8 Å². The van der Waals surface area contributed by atoms with E-state index in [2.05, 4.69) is 59.6 Å². The molecule has 8 heteroatoms. The molecule has 0 heterocycles. The number of nitrogens with zero attached hydrogens (tertiary/aromatic N) is 2. The number of guanidine groups is 1. The first-order chi connectivity index (χ1) is 11.6. The third kappa shape index (κ3) is 10.0. The van der Waals surface area contributed by atoms with Crippen molar-refractivity contribution in [2.75, 3.05) is 38.9 Å². The maximum absolute atomic E-state index is 11.4. The number of rotatable bonds is 8. The number of hydrogen-bond donors (Lipinski definition) is 1. The van der Waals surface area contributed by atoms with Crippen molar-refractivity contribution >= 4 is 51.5 Å². The number of hydrogen-bond acceptors (Lipinski definition) is 4. The molecule has 0 aliphatic carbocycles. The molecule has 1 rings (SSSR count). The minimum atomic E-state index is -2.93. The van der Waals surface area contributed by atoms with Crippen molar-refractivity contribution in [1.29, 1.82) is 0 Å². The molecule has 0 radical (unpaired) electrons. The Kier molecular flexibility index (Phi) is 11.2. The first-order valence-electron chi connectivity index (χ1n) is 8.29. The van der Waals surface area contributed by atoms with E-state index in [-0.39, 0.29) is 35.1 Å². The fraction of sp³-hybridized carbons (Fsp3) is 0.611. The maximum Gasteiger partial charge on any atom is 0.193 e. The van der Waals surface area contributed by atoms with E-state index in [4.69, 9.17) is 0 Å². The molecule has 1 aromatic rings. The van der Waals surface area contributed by atoms with Crippen molar-refractivity contribution < 1.29 is 8.42 Å². The molecule has 5 nitrogen and oxygen atoms in total. The van der Waals surface area contributed by atoms with Gasteiger partial charge in [0.15, 0.2) is 5.96 Å². The fourth-order valence-electron chi connectivity index (χ4n) is 2.33. The monoisotopic (exact) mass is 513 g/mol. The fourth-order valence-corrected chi connectivity index (χ4v) is 3.66. The van der Waals surface area contributed by atoms with Crippen LogP contribution in [0.15, 0.2) is 34.2 Å². The molecule has 0 amide bonds. The number of aliphatic imine (C=N–C) groups is 1. The summed E-state index contributed by atoms with van der Waals surface area (Å²) in [6, 6.07) is 8.51. The van der Waals surface area contributed by atoms with E-state index in [1.54, 1.807) is 18.8 Å². The van der Waals surface area contributed by atoms with E-state index in [1.807, 2.05) is 7.05 Å². The quantitative estimate of drug-likeness (QED) is 0.250. The SMILES string of the molecule is CN=C(NCC(C)(C)CCS(C)(=O)=O)N(C)Cc1ccc(SC)cc1.I. The summed E-state index contributed by atoms with van der Waals surface area (Å²) >= 11 is 1.73. The number of sulfone groups is 1. The highest BCUT2D eigenvalue weighted by Crippen LogP contribution is 2.20. The van der Waals surface area contributed by atoms with E-state index >= 15 is 0 Å². The highest BCUT2D eigenvalue weighted by molar-refractivity contribution is 14.0. The minimum Gasteiger partial charge on any atom is -0.356 e. The lowest BCUT2D eigenvalue weighted by atomic mass is 9.90. The molecule has 0 aromatic heterocycles. The molecule has 150 valence electrons. The first kappa shape index (κ1) is 25.5. The van der Waals surface area contributed by atoms with Gasteiger partial charge in [0.25, 0.3) is 0 Å². The van der Waals surface area contributed by atoms with Crippen molar-refractivity contribution in [3.05, 3.63) is 29.8 Å². The summed E-state index contributed by atoms with van der Waals surface area (Å²) in [5, 5.41) is 3.37. The average Bonchev–Trinajstić information content (AvgIpc) is 2.54. The summed E-state index contributed by atoms with van der Waals surface area (Å²) in [5.41, 5.74) is 1.10. The number of nitrogens with one attached hydrogen (secondary N) is 1. The number of thioether (sulfide) groups is 1. The molecular weight excluding hydrogens is 481 g/mol. The Bertz CT molecular complexity index is 674. The predicted molar refractivity (Wildman–Crippen MR) is 125 cm³/mol. The molecule has 0 bridgehead atoms. The van der Waals surface area contributed by atoms with Crippen LogP contribution in [-0.2, 0) is 16.4 Å². The van der Waals surface area contributed by atoms with Crippen molar-refractivity contribution in [1.82, 2.24) is 10.2 Å². The third-order valence-electron chi connectivity index (χ3n) is 4.03. The molecule has 0 saturated carbocycles. The van der Waals surface area contributed by atoms with Gasteiger partial charge < -0.3 is 10.2 Å². The summed E-state index contributed by atoms with van der Waals surface area (Å²) < 4.78 is 22.8. The zero-order valence-electron chi connectivity index (χ0n) is 16.6. The Labute approximate surface area is 180 Å². The van der Waals surface area contributed by atoms with Crippen LogP contribution in [0.4, 0.5) is 0 Å². The largest absolute Gasteiger partial charge is 0.356 e. The van der Waals surface area contributed by atoms with Gasteiger partial charge in [-0.15, -0.1) is 35.7 Å².